The molecule has 0 saturated carbocycles. The van der Waals surface area contributed by atoms with Crippen LogP contribution in [0.4, 0.5) is 5.69 Å². The molecule has 120 valence electrons. The molecule has 4 aromatic carbocycles. The summed E-state index contributed by atoms with van der Waals surface area (Å²) in [7, 11) is 4.12. The number of fused-ring (bicyclic) bond motifs is 2. The fraction of sp³-hybridized carbons (Fsp3) is 0.130. The molecule has 0 atom stereocenters. The van der Waals surface area contributed by atoms with Crippen molar-refractivity contribution in [3.8, 4) is 0 Å². The number of benzene rings is 4. The maximum atomic E-state index is 2.24. The van der Waals surface area contributed by atoms with Crippen LogP contribution in [0.15, 0.2) is 84.9 Å². The molecular formula is C23H23N. The van der Waals surface area contributed by atoms with Crippen LogP contribution in [-0.2, 0) is 0 Å². The highest BCUT2D eigenvalue weighted by molar-refractivity contribution is 5.98. The lowest BCUT2D eigenvalue weighted by Gasteiger charge is -2.14. The van der Waals surface area contributed by atoms with E-state index in [1.165, 1.54) is 32.8 Å². The van der Waals surface area contributed by atoms with Gasteiger partial charge in [0, 0.05) is 19.8 Å². The largest absolute Gasteiger partial charge is 0.377 e. The molecule has 0 aromatic heterocycles. The Morgan fingerprint density at radius 2 is 0.917 bits per heavy atom. The minimum absolute atomic E-state index is 1.29. The van der Waals surface area contributed by atoms with Gasteiger partial charge in [-0.15, -0.1) is 0 Å². The topological polar surface area (TPSA) is 3.24 Å². The molecule has 0 aliphatic heterocycles. The summed E-state index contributed by atoms with van der Waals surface area (Å²) in [4.78, 5) is 2.12. The van der Waals surface area contributed by atoms with Crippen LogP contribution < -0.4 is 4.90 Å². The van der Waals surface area contributed by atoms with E-state index in [-0.39, 0.29) is 0 Å². The van der Waals surface area contributed by atoms with Gasteiger partial charge in [-0.2, -0.15) is 0 Å². The SMILES string of the molecule is Cc1ccccc1N(C)C.c1ccc2cc3ccccc3cc2c1. The molecule has 4 rings (SSSR count). The standard InChI is InChI=1S/C14H10.C9H13N/c1-2-6-12-10-14-8-4-3-7-13(14)9-11(12)5-1;1-8-6-4-5-7-9(8)10(2)3/h1-10H;4-7H,1-3H3. The molecule has 4 aromatic rings. The molecule has 0 bridgehead atoms. The van der Waals surface area contributed by atoms with Crippen molar-refractivity contribution >= 4 is 27.2 Å². The van der Waals surface area contributed by atoms with Gasteiger partial charge in [0.15, 0.2) is 0 Å². The summed E-state index contributed by atoms with van der Waals surface area (Å²) < 4.78 is 0. The summed E-state index contributed by atoms with van der Waals surface area (Å²) in [6, 6.07) is 29.8. The number of anilines is 1. The second-order valence-corrected chi connectivity index (χ2v) is 6.23. The monoisotopic (exact) mass is 313 g/mol. The van der Waals surface area contributed by atoms with E-state index in [0.29, 0.717) is 0 Å². The molecule has 0 aliphatic carbocycles. The molecule has 0 heterocycles. The van der Waals surface area contributed by atoms with Crippen molar-refractivity contribution in [1.82, 2.24) is 0 Å². The van der Waals surface area contributed by atoms with E-state index in [1.807, 2.05) is 0 Å². The number of aryl methyl sites for hydroxylation is 1. The van der Waals surface area contributed by atoms with Gasteiger partial charge in [0.05, 0.1) is 0 Å². The number of hydrogen-bond donors (Lipinski definition) is 0. The highest BCUT2D eigenvalue weighted by Gasteiger charge is 1.96. The Morgan fingerprint density at radius 1 is 0.542 bits per heavy atom. The average Bonchev–Trinajstić information content (AvgIpc) is 2.60. The Hall–Kier alpha value is -2.80. The lowest BCUT2D eigenvalue weighted by atomic mass is 10.0. The van der Waals surface area contributed by atoms with Gasteiger partial charge in [0.25, 0.3) is 0 Å². The fourth-order valence-corrected chi connectivity index (χ4v) is 2.95. The van der Waals surface area contributed by atoms with Gasteiger partial charge in [-0.05, 0) is 52.2 Å². The molecule has 0 fully saturated rings. The number of rotatable bonds is 1. The summed E-state index contributed by atoms with van der Waals surface area (Å²) in [5, 5.41) is 5.25. The molecule has 0 saturated heterocycles. The summed E-state index contributed by atoms with van der Waals surface area (Å²) >= 11 is 0. The third-order valence-corrected chi connectivity index (χ3v) is 4.21. The maximum absolute atomic E-state index is 2.24. The van der Waals surface area contributed by atoms with Crippen molar-refractivity contribution in [2.45, 2.75) is 6.92 Å². The van der Waals surface area contributed by atoms with Crippen LogP contribution in [0.1, 0.15) is 5.56 Å². The van der Waals surface area contributed by atoms with Gasteiger partial charge in [-0.3, -0.25) is 0 Å². The van der Waals surface area contributed by atoms with Gasteiger partial charge in [0.2, 0.25) is 0 Å². The van der Waals surface area contributed by atoms with Crippen LogP contribution in [0.3, 0.4) is 0 Å². The quantitative estimate of drug-likeness (QED) is 0.386. The fourth-order valence-electron chi connectivity index (χ4n) is 2.95. The molecule has 0 radical (unpaired) electrons. The van der Waals surface area contributed by atoms with Gasteiger partial charge in [0.1, 0.15) is 0 Å². The van der Waals surface area contributed by atoms with E-state index in [4.69, 9.17) is 0 Å². The van der Waals surface area contributed by atoms with Gasteiger partial charge in [-0.1, -0.05) is 66.7 Å². The van der Waals surface area contributed by atoms with Crippen LogP contribution in [0.25, 0.3) is 21.5 Å². The highest BCUT2D eigenvalue weighted by Crippen LogP contribution is 2.22. The van der Waals surface area contributed by atoms with Crippen molar-refractivity contribution in [3.05, 3.63) is 90.5 Å². The Balaban J connectivity index is 0.000000150. The first-order valence-electron chi connectivity index (χ1n) is 8.25. The highest BCUT2D eigenvalue weighted by atomic mass is 15.1. The van der Waals surface area contributed by atoms with Crippen LogP contribution in [0.2, 0.25) is 0 Å². The molecule has 0 aliphatic rings. The van der Waals surface area contributed by atoms with E-state index in [2.05, 4.69) is 111 Å². The Morgan fingerprint density at radius 3 is 1.25 bits per heavy atom. The lowest BCUT2D eigenvalue weighted by molar-refractivity contribution is 1.11. The van der Waals surface area contributed by atoms with Crippen molar-refractivity contribution in [2.24, 2.45) is 0 Å². The molecule has 0 unspecified atom stereocenters. The Labute approximate surface area is 144 Å². The van der Waals surface area contributed by atoms with E-state index in [9.17, 15) is 0 Å². The summed E-state index contributed by atoms with van der Waals surface area (Å²) in [5.41, 5.74) is 2.62. The normalized spacial score (nSPS) is 10.3. The lowest BCUT2D eigenvalue weighted by Crippen LogP contribution is -2.09. The van der Waals surface area contributed by atoms with E-state index in [0.717, 1.165) is 0 Å². The van der Waals surface area contributed by atoms with Crippen LogP contribution >= 0.6 is 0 Å². The third-order valence-electron chi connectivity index (χ3n) is 4.21. The molecule has 24 heavy (non-hydrogen) atoms. The molecule has 0 N–H and O–H groups in total. The number of hydrogen-bond acceptors (Lipinski definition) is 1. The summed E-state index contributed by atoms with van der Waals surface area (Å²) in [6.45, 7) is 2.12. The first kappa shape index (κ1) is 16.1. The van der Waals surface area contributed by atoms with Crippen molar-refractivity contribution in [1.29, 1.82) is 0 Å². The summed E-state index contributed by atoms with van der Waals surface area (Å²) in [6.07, 6.45) is 0. The van der Waals surface area contributed by atoms with E-state index < -0.39 is 0 Å². The molecule has 1 nitrogen and oxygen atoms in total. The maximum Gasteiger partial charge on any atom is 0.0390 e. The van der Waals surface area contributed by atoms with Gasteiger partial charge < -0.3 is 4.90 Å². The average molecular weight is 313 g/mol. The zero-order chi connectivity index (χ0) is 16.9. The summed E-state index contributed by atoms with van der Waals surface area (Å²) in [5.74, 6) is 0. The van der Waals surface area contributed by atoms with Crippen LogP contribution in [0.5, 0.6) is 0 Å². The second-order valence-electron chi connectivity index (χ2n) is 6.23. The third kappa shape index (κ3) is 3.57. The molecule has 0 spiro atoms. The van der Waals surface area contributed by atoms with Crippen molar-refractivity contribution in [2.75, 3.05) is 19.0 Å². The molecule has 1 heteroatoms. The van der Waals surface area contributed by atoms with Gasteiger partial charge in [-0.25, -0.2) is 0 Å². The van der Waals surface area contributed by atoms with Crippen LogP contribution in [-0.4, -0.2) is 14.1 Å². The first-order valence-corrected chi connectivity index (χ1v) is 8.25. The molecule has 0 amide bonds. The predicted octanol–water partition coefficient (Wildman–Crippen LogP) is 6.05. The molecular weight excluding hydrogens is 290 g/mol. The van der Waals surface area contributed by atoms with E-state index >= 15 is 0 Å². The number of nitrogens with zero attached hydrogens (tertiary/aromatic N) is 1. The minimum atomic E-state index is 1.29. The van der Waals surface area contributed by atoms with Crippen molar-refractivity contribution in [3.63, 3.8) is 0 Å². The minimum Gasteiger partial charge on any atom is -0.377 e. The van der Waals surface area contributed by atoms with Crippen molar-refractivity contribution < 1.29 is 0 Å². The predicted molar refractivity (Wildman–Crippen MR) is 107 cm³/mol. The first-order chi connectivity index (χ1) is 11.6. The van der Waals surface area contributed by atoms with Gasteiger partial charge >= 0.3 is 0 Å². The van der Waals surface area contributed by atoms with E-state index in [1.54, 1.807) is 0 Å². The smallest absolute Gasteiger partial charge is 0.0390 e. The zero-order valence-corrected chi connectivity index (χ0v) is 14.5. The van der Waals surface area contributed by atoms with Crippen LogP contribution in [0, 0.1) is 6.92 Å². The zero-order valence-electron chi connectivity index (χ0n) is 14.5. The Bertz CT molecular complexity index is 849. The second kappa shape index (κ2) is 7.18. The Kier molecular flexibility index (Phi) is 4.81. The number of para-hydroxylation sites is 1.